The molecule has 0 spiro atoms. The number of carbonyl (C=O) groups is 2. The molecule has 4 heteroatoms. The molecule has 50 valence electrons. The van der Waals surface area contributed by atoms with E-state index in [9.17, 15) is 9.59 Å². The van der Waals surface area contributed by atoms with Gasteiger partial charge in [0.1, 0.15) is 5.82 Å². The van der Waals surface area contributed by atoms with Gasteiger partial charge < -0.3 is 0 Å². The van der Waals surface area contributed by atoms with Crippen molar-refractivity contribution in [2.45, 2.75) is 6.42 Å². The van der Waals surface area contributed by atoms with E-state index in [0.29, 0.717) is 5.82 Å². The van der Waals surface area contributed by atoms with E-state index in [2.05, 4.69) is 4.98 Å². The van der Waals surface area contributed by atoms with Gasteiger partial charge in [0, 0.05) is 12.4 Å². The summed E-state index contributed by atoms with van der Waals surface area (Å²) in [6.07, 6.45) is 3.17. The fraction of sp³-hybridized carbons (Fsp3) is 0.167. The summed E-state index contributed by atoms with van der Waals surface area (Å²) in [6, 6.07) is 0. The lowest BCUT2D eigenvalue weighted by Gasteiger charge is -1.85. The first-order valence-corrected chi connectivity index (χ1v) is 2.89. The first kappa shape index (κ1) is 5.34. The van der Waals surface area contributed by atoms with Crippen molar-refractivity contribution >= 4 is 11.7 Å². The largest absolute Gasteiger partial charge is 0.299 e. The number of hydrogen-bond donors (Lipinski definition) is 0. The Hall–Kier alpha value is -1.45. The Balaban J connectivity index is 2.63. The molecule has 1 aliphatic rings. The van der Waals surface area contributed by atoms with Crippen LogP contribution in [0.3, 0.4) is 0 Å². The molecule has 0 saturated carbocycles. The molecule has 4 nitrogen and oxygen atoms in total. The number of rotatable bonds is 0. The second-order valence-corrected chi connectivity index (χ2v) is 2.12. The summed E-state index contributed by atoms with van der Waals surface area (Å²) in [4.78, 5) is 25.3. The quantitative estimate of drug-likeness (QED) is 0.458. The van der Waals surface area contributed by atoms with Crippen molar-refractivity contribution in [1.29, 1.82) is 0 Å². The molecular weight excluding hydrogens is 132 g/mol. The Morgan fingerprint density at radius 1 is 1.50 bits per heavy atom. The topological polar surface area (TPSA) is 52.0 Å². The van der Waals surface area contributed by atoms with Crippen LogP contribution in [0.2, 0.25) is 0 Å². The second kappa shape index (κ2) is 1.53. The fourth-order valence-electron chi connectivity index (χ4n) is 1.00. The Bertz CT molecular complexity index is 313. The number of aromatic nitrogens is 2. The molecule has 2 heterocycles. The van der Waals surface area contributed by atoms with Crippen molar-refractivity contribution in [1.82, 2.24) is 9.55 Å². The summed E-state index contributed by atoms with van der Waals surface area (Å²) in [5.41, 5.74) is 0. The van der Waals surface area contributed by atoms with Gasteiger partial charge in [-0.3, -0.25) is 14.2 Å². The highest BCUT2D eigenvalue weighted by Crippen LogP contribution is 2.07. The van der Waals surface area contributed by atoms with Gasteiger partial charge in [0.25, 0.3) is 5.91 Å². The van der Waals surface area contributed by atoms with Crippen LogP contribution in [-0.4, -0.2) is 21.2 Å². The van der Waals surface area contributed by atoms with E-state index < -0.39 is 5.91 Å². The van der Waals surface area contributed by atoms with Crippen molar-refractivity contribution in [3.8, 4) is 0 Å². The lowest BCUT2D eigenvalue weighted by molar-refractivity contribution is -0.114. The minimum Gasteiger partial charge on any atom is -0.288 e. The number of Topliss-reactive ketones (excluding diaryl/α,β-unsaturated/α-hetero) is 1. The number of imidazole rings is 1. The van der Waals surface area contributed by atoms with Crippen molar-refractivity contribution in [2.75, 3.05) is 0 Å². The standard InChI is InChI=1S/C6H4N2O2/c9-4-3-5-7-1-2-8(5)6(4)10/h1-2H,3H2. The smallest absolute Gasteiger partial charge is 0.288 e. The molecule has 1 aliphatic heterocycles. The summed E-state index contributed by atoms with van der Waals surface area (Å²) >= 11 is 0. The van der Waals surface area contributed by atoms with Gasteiger partial charge in [0.15, 0.2) is 0 Å². The third kappa shape index (κ3) is 0.478. The third-order valence-corrected chi connectivity index (χ3v) is 1.49. The van der Waals surface area contributed by atoms with Crippen molar-refractivity contribution < 1.29 is 9.59 Å². The van der Waals surface area contributed by atoms with Gasteiger partial charge >= 0.3 is 0 Å². The molecule has 0 saturated heterocycles. The molecule has 0 unspecified atom stereocenters. The van der Waals surface area contributed by atoms with Crippen molar-refractivity contribution in [2.24, 2.45) is 0 Å². The predicted molar refractivity (Wildman–Crippen MR) is 31.6 cm³/mol. The van der Waals surface area contributed by atoms with Crippen LogP contribution in [0.15, 0.2) is 12.4 Å². The molecule has 0 N–H and O–H groups in total. The van der Waals surface area contributed by atoms with Gasteiger partial charge in [-0.05, 0) is 0 Å². The highest BCUT2D eigenvalue weighted by atomic mass is 16.2. The second-order valence-electron chi connectivity index (χ2n) is 2.12. The molecule has 10 heavy (non-hydrogen) atoms. The lowest BCUT2D eigenvalue weighted by Crippen LogP contribution is -2.11. The number of hydrogen-bond acceptors (Lipinski definition) is 3. The third-order valence-electron chi connectivity index (χ3n) is 1.49. The van der Waals surface area contributed by atoms with Crippen molar-refractivity contribution in [3.63, 3.8) is 0 Å². The zero-order valence-electron chi connectivity index (χ0n) is 5.07. The molecule has 1 aromatic heterocycles. The molecule has 0 radical (unpaired) electrons. The highest BCUT2D eigenvalue weighted by Gasteiger charge is 2.27. The van der Waals surface area contributed by atoms with E-state index in [-0.39, 0.29) is 12.2 Å². The van der Waals surface area contributed by atoms with Crippen LogP contribution in [0.1, 0.15) is 10.6 Å². The minimum atomic E-state index is -0.465. The number of carbonyl (C=O) groups excluding carboxylic acids is 2. The van der Waals surface area contributed by atoms with Crippen LogP contribution < -0.4 is 0 Å². The maximum absolute atomic E-state index is 10.8. The van der Waals surface area contributed by atoms with E-state index in [1.54, 1.807) is 0 Å². The summed E-state index contributed by atoms with van der Waals surface area (Å²) in [7, 11) is 0. The van der Waals surface area contributed by atoms with Gasteiger partial charge in [-0.15, -0.1) is 0 Å². The Morgan fingerprint density at radius 2 is 2.30 bits per heavy atom. The predicted octanol–water partition coefficient (Wildman–Crippen LogP) is -0.351. The zero-order valence-corrected chi connectivity index (χ0v) is 5.07. The molecule has 0 atom stereocenters. The maximum Gasteiger partial charge on any atom is 0.299 e. The number of nitrogens with zero attached hydrogens (tertiary/aromatic N) is 2. The van der Waals surface area contributed by atoms with Gasteiger partial charge in [0.2, 0.25) is 5.78 Å². The Morgan fingerprint density at radius 3 is 3.00 bits per heavy atom. The molecule has 0 aromatic carbocycles. The molecule has 0 bridgehead atoms. The van der Waals surface area contributed by atoms with Gasteiger partial charge in [-0.1, -0.05) is 0 Å². The van der Waals surface area contributed by atoms with Crippen LogP contribution in [0, 0.1) is 0 Å². The normalized spacial score (nSPS) is 16.0. The molecule has 0 aliphatic carbocycles. The average molecular weight is 136 g/mol. The van der Waals surface area contributed by atoms with Gasteiger partial charge in [0.05, 0.1) is 6.42 Å². The summed E-state index contributed by atoms with van der Waals surface area (Å²) in [5, 5.41) is 0. The van der Waals surface area contributed by atoms with E-state index in [1.165, 1.54) is 17.0 Å². The van der Waals surface area contributed by atoms with E-state index in [1.807, 2.05) is 0 Å². The number of fused-ring (bicyclic) bond motifs is 1. The highest BCUT2D eigenvalue weighted by molar-refractivity contribution is 6.39. The van der Waals surface area contributed by atoms with Gasteiger partial charge in [-0.25, -0.2) is 4.98 Å². The summed E-state index contributed by atoms with van der Waals surface area (Å²) in [5.74, 6) is -0.286. The monoisotopic (exact) mass is 136 g/mol. The van der Waals surface area contributed by atoms with Crippen LogP contribution in [-0.2, 0) is 11.2 Å². The van der Waals surface area contributed by atoms with Crippen LogP contribution in [0.5, 0.6) is 0 Å². The fourth-order valence-corrected chi connectivity index (χ4v) is 1.00. The molecule has 2 rings (SSSR count). The molecule has 0 amide bonds. The molecule has 1 aromatic rings. The Kier molecular flexibility index (Phi) is 0.818. The molecular formula is C6H4N2O2. The van der Waals surface area contributed by atoms with Crippen LogP contribution in [0.4, 0.5) is 0 Å². The zero-order chi connectivity index (χ0) is 7.14. The average Bonchev–Trinajstić information content (AvgIpc) is 2.41. The van der Waals surface area contributed by atoms with E-state index >= 15 is 0 Å². The number of ketones is 1. The summed E-state index contributed by atoms with van der Waals surface area (Å²) < 4.78 is 1.28. The first-order chi connectivity index (χ1) is 4.79. The molecule has 0 fully saturated rings. The van der Waals surface area contributed by atoms with Crippen molar-refractivity contribution in [3.05, 3.63) is 18.2 Å². The minimum absolute atomic E-state index is 0.159. The first-order valence-electron chi connectivity index (χ1n) is 2.89. The van der Waals surface area contributed by atoms with Crippen LogP contribution in [0.25, 0.3) is 0 Å². The maximum atomic E-state index is 10.8. The SMILES string of the molecule is O=C1Cc2nccn2C1=O. The summed E-state index contributed by atoms with van der Waals surface area (Å²) in [6.45, 7) is 0. The van der Waals surface area contributed by atoms with E-state index in [4.69, 9.17) is 0 Å². The van der Waals surface area contributed by atoms with Crippen LogP contribution >= 0.6 is 0 Å². The lowest BCUT2D eigenvalue weighted by atomic mass is 10.3. The van der Waals surface area contributed by atoms with E-state index in [0.717, 1.165) is 0 Å². The van der Waals surface area contributed by atoms with Gasteiger partial charge in [-0.2, -0.15) is 0 Å². The Labute approximate surface area is 56.5 Å².